The van der Waals surface area contributed by atoms with Crippen molar-refractivity contribution in [1.29, 1.82) is 0 Å². The summed E-state index contributed by atoms with van der Waals surface area (Å²) in [6.45, 7) is 6.40. The van der Waals surface area contributed by atoms with E-state index in [1.807, 2.05) is 0 Å². The number of aliphatic hydroxyl groups is 1. The van der Waals surface area contributed by atoms with Gasteiger partial charge in [-0.25, -0.2) is 0 Å². The average molecular weight is 411 g/mol. The molecule has 0 bridgehead atoms. The van der Waals surface area contributed by atoms with Crippen LogP contribution < -0.4 is 0 Å². The van der Waals surface area contributed by atoms with Gasteiger partial charge in [-0.05, 0) is 74.2 Å². The summed E-state index contributed by atoms with van der Waals surface area (Å²) < 4.78 is 2.42. The zero-order valence-electron chi connectivity index (χ0n) is 18.2. The first kappa shape index (κ1) is 19.1. The van der Waals surface area contributed by atoms with Crippen LogP contribution in [-0.2, 0) is 18.5 Å². The van der Waals surface area contributed by atoms with E-state index < -0.39 is 0 Å². The maximum absolute atomic E-state index is 10.6. The molecule has 1 atom stereocenters. The molecule has 0 radical (unpaired) electrons. The van der Waals surface area contributed by atoms with Gasteiger partial charge in [0.15, 0.2) is 0 Å². The molecule has 1 aliphatic carbocycles. The lowest BCUT2D eigenvalue weighted by Gasteiger charge is -2.40. The number of fused-ring (bicyclic) bond motifs is 5. The third-order valence-electron chi connectivity index (χ3n) is 7.85. The molecule has 2 heterocycles. The topological polar surface area (TPSA) is 28.4 Å². The number of piperidine rings is 1. The molecule has 1 unspecified atom stereocenters. The molecule has 1 spiro atoms. The van der Waals surface area contributed by atoms with Crippen LogP contribution in [0.1, 0.15) is 49.0 Å². The molecule has 1 fully saturated rings. The van der Waals surface area contributed by atoms with Crippen LogP contribution >= 0.6 is 0 Å². The molecule has 2 aliphatic rings. The third kappa shape index (κ3) is 2.95. The van der Waals surface area contributed by atoms with Gasteiger partial charge >= 0.3 is 0 Å². The standard InChI is InChI=1S/C28H30N2O/c1-2-30-25-10-6-4-7-21(25)23-17-20(11-12-26(23)30)19-29-15-13-28(14-16-29)18-27(31)22-8-3-5-9-24(22)28/h3-12,17,27,31H,2,13-16,18-19H2,1H3. The Morgan fingerprint density at radius 1 is 0.903 bits per heavy atom. The first-order chi connectivity index (χ1) is 15.2. The SMILES string of the molecule is CCn1c2ccccc2c2cc(CN3CCC4(CC3)CC(O)c3ccccc34)ccc21. The van der Waals surface area contributed by atoms with E-state index in [0.29, 0.717) is 0 Å². The minimum absolute atomic E-state index is 0.172. The highest BCUT2D eigenvalue weighted by molar-refractivity contribution is 6.08. The van der Waals surface area contributed by atoms with E-state index in [9.17, 15) is 5.11 Å². The Morgan fingerprint density at radius 3 is 2.48 bits per heavy atom. The van der Waals surface area contributed by atoms with Crippen LogP contribution in [0.2, 0.25) is 0 Å². The van der Waals surface area contributed by atoms with Crippen molar-refractivity contribution >= 4 is 21.8 Å². The van der Waals surface area contributed by atoms with Gasteiger partial charge in [-0.15, -0.1) is 0 Å². The minimum Gasteiger partial charge on any atom is -0.388 e. The van der Waals surface area contributed by atoms with Crippen LogP contribution in [0, 0.1) is 0 Å². The van der Waals surface area contributed by atoms with Gasteiger partial charge in [-0.1, -0.05) is 48.5 Å². The van der Waals surface area contributed by atoms with Crippen LogP contribution in [0.15, 0.2) is 66.7 Å². The van der Waals surface area contributed by atoms with Gasteiger partial charge < -0.3 is 9.67 Å². The highest BCUT2D eigenvalue weighted by atomic mass is 16.3. The zero-order valence-corrected chi connectivity index (χ0v) is 18.2. The summed E-state index contributed by atoms with van der Waals surface area (Å²) in [4.78, 5) is 2.60. The molecule has 1 aliphatic heterocycles. The maximum atomic E-state index is 10.6. The molecule has 0 saturated carbocycles. The van der Waals surface area contributed by atoms with Gasteiger partial charge in [0.05, 0.1) is 6.10 Å². The number of hydrogen-bond donors (Lipinski definition) is 1. The van der Waals surface area contributed by atoms with E-state index in [2.05, 4.69) is 83.1 Å². The second-order valence-electron chi connectivity index (χ2n) is 9.48. The summed E-state index contributed by atoms with van der Waals surface area (Å²) in [6, 6.07) is 24.3. The Morgan fingerprint density at radius 2 is 1.65 bits per heavy atom. The number of nitrogens with zero attached hydrogens (tertiary/aromatic N) is 2. The van der Waals surface area contributed by atoms with E-state index >= 15 is 0 Å². The van der Waals surface area contributed by atoms with Crippen molar-refractivity contribution in [3.05, 3.63) is 83.4 Å². The van der Waals surface area contributed by atoms with Crippen molar-refractivity contribution in [1.82, 2.24) is 9.47 Å². The molecule has 6 rings (SSSR count). The molecule has 31 heavy (non-hydrogen) atoms. The molecule has 3 nitrogen and oxygen atoms in total. The lowest BCUT2D eigenvalue weighted by Crippen LogP contribution is -2.41. The van der Waals surface area contributed by atoms with E-state index in [4.69, 9.17) is 0 Å². The molecule has 3 heteroatoms. The summed E-state index contributed by atoms with van der Waals surface area (Å²) in [7, 11) is 0. The van der Waals surface area contributed by atoms with Gasteiger partial charge in [-0.2, -0.15) is 0 Å². The van der Waals surface area contributed by atoms with E-state index in [0.717, 1.165) is 51.0 Å². The van der Waals surface area contributed by atoms with Crippen molar-refractivity contribution in [2.75, 3.05) is 13.1 Å². The number of aromatic nitrogens is 1. The molecule has 4 aromatic rings. The van der Waals surface area contributed by atoms with Gasteiger partial charge in [0.1, 0.15) is 0 Å². The summed E-state index contributed by atoms with van der Waals surface area (Å²) in [5.74, 6) is 0. The summed E-state index contributed by atoms with van der Waals surface area (Å²) in [5.41, 5.74) is 6.79. The average Bonchev–Trinajstić information content (AvgIpc) is 3.27. The number of aliphatic hydroxyl groups excluding tert-OH is 1. The molecule has 1 saturated heterocycles. The van der Waals surface area contributed by atoms with Gasteiger partial charge in [0.25, 0.3) is 0 Å². The Hall–Kier alpha value is -2.62. The van der Waals surface area contributed by atoms with E-state index in [-0.39, 0.29) is 11.5 Å². The molecular formula is C28H30N2O. The molecule has 0 amide bonds. The maximum Gasteiger partial charge on any atom is 0.0801 e. The number of para-hydroxylation sites is 1. The Kier molecular flexibility index (Phi) is 4.45. The fraction of sp³-hybridized carbons (Fsp3) is 0.357. The fourth-order valence-electron chi connectivity index (χ4n) is 6.27. The number of aryl methyl sites for hydroxylation is 1. The third-order valence-corrected chi connectivity index (χ3v) is 7.85. The van der Waals surface area contributed by atoms with Crippen LogP contribution in [0.25, 0.3) is 21.8 Å². The lowest BCUT2D eigenvalue weighted by atomic mass is 9.73. The predicted molar refractivity (Wildman–Crippen MR) is 127 cm³/mol. The normalized spacial score (nSPS) is 20.6. The minimum atomic E-state index is -0.291. The van der Waals surface area contributed by atoms with Crippen LogP contribution in [0.3, 0.4) is 0 Å². The summed E-state index contributed by atoms with van der Waals surface area (Å²) in [6.07, 6.45) is 2.88. The van der Waals surface area contributed by atoms with Crippen LogP contribution in [-0.4, -0.2) is 27.7 Å². The Bertz CT molecular complexity index is 1260. The summed E-state index contributed by atoms with van der Waals surface area (Å²) >= 11 is 0. The summed E-state index contributed by atoms with van der Waals surface area (Å²) in [5, 5.41) is 13.3. The zero-order chi connectivity index (χ0) is 21.0. The number of benzene rings is 3. The number of hydrogen-bond acceptors (Lipinski definition) is 2. The number of likely N-dealkylation sites (tertiary alicyclic amines) is 1. The molecule has 1 aromatic heterocycles. The van der Waals surface area contributed by atoms with Crippen molar-refractivity contribution < 1.29 is 5.11 Å². The van der Waals surface area contributed by atoms with Crippen molar-refractivity contribution in [2.45, 2.75) is 50.8 Å². The van der Waals surface area contributed by atoms with Crippen LogP contribution in [0.4, 0.5) is 0 Å². The second kappa shape index (κ2) is 7.22. The first-order valence-electron chi connectivity index (χ1n) is 11.7. The quantitative estimate of drug-likeness (QED) is 0.463. The van der Waals surface area contributed by atoms with E-state index in [1.165, 1.54) is 32.9 Å². The molecule has 1 N–H and O–H groups in total. The Balaban J connectivity index is 1.24. The molecule has 3 aromatic carbocycles. The smallest absolute Gasteiger partial charge is 0.0801 e. The molecule has 158 valence electrons. The highest BCUT2D eigenvalue weighted by Gasteiger charge is 2.44. The van der Waals surface area contributed by atoms with Crippen molar-refractivity contribution in [3.8, 4) is 0 Å². The van der Waals surface area contributed by atoms with Gasteiger partial charge in [0, 0.05) is 40.3 Å². The van der Waals surface area contributed by atoms with Crippen LogP contribution in [0.5, 0.6) is 0 Å². The monoisotopic (exact) mass is 410 g/mol. The molecular weight excluding hydrogens is 380 g/mol. The largest absolute Gasteiger partial charge is 0.388 e. The van der Waals surface area contributed by atoms with Gasteiger partial charge in [0.2, 0.25) is 0 Å². The first-order valence-corrected chi connectivity index (χ1v) is 11.7. The van der Waals surface area contributed by atoms with Gasteiger partial charge in [-0.3, -0.25) is 4.90 Å². The lowest BCUT2D eigenvalue weighted by molar-refractivity contribution is 0.106. The second-order valence-corrected chi connectivity index (χ2v) is 9.48. The fourth-order valence-corrected chi connectivity index (χ4v) is 6.27. The Labute approximate surface area is 183 Å². The van der Waals surface area contributed by atoms with Crippen molar-refractivity contribution in [2.24, 2.45) is 0 Å². The van der Waals surface area contributed by atoms with Crippen molar-refractivity contribution in [3.63, 3.8) is 0 Å². The van der Waals surface area contributed by atoms with E-state index in [1.54, 1.807) is 0 Å². The highest BCUT2D eigenvalue weighted by Crippen LogP contribution is 2.50. The number of rotatable bonds is 3. The predicted octanol–water partition coefficient (Wildman–Crippen LogP) is 5.79.